The second-order valence-electron chi connectivity index (χ2n) is 7.17. The molecule has 0 aliphatic carbocycles. The lowest BCUT2D eigenvalue weighted by Gasteiger charge is -2.36. The van der Waals surface area contributed by atoms with Crippen LogP contribution in [-0.2, 0) is 6.42 Å². The highest BCUT2D eigenvalue weighted by molar-refractivity contribution is 7.70. The molecule has 1 nitrogen and oxygen atoms in total. The predicted molar refractivity (Wildman–Crippen MR) is 126 cm³/mol. The van der Waals surface area contributed by atoms with Gasteiger partial charge in [0.1, 0.15) is 0 Å². The summed E-state index contributed by atoms with van der Waals surface area (Å²) in [4.78, 5) is 0. The lowest BCUT2D eigenvalue weighted by molar-refractivity contribution is 0.409. The van der Waals surface area contributed by atoms with E-state index in [0.29, 0.717) is 6.04 Å². The molecule has 2 heteroatoms. The van der Waals surface area contributed by atoms with Crippen LogP contribution in [0.15, 0.2) is 121 Å². The lowest BCUT2D eigenvalue weighted by atomic mass is 9.99. The molecular formula is C27H26NP. The Hall–Kier alpha value is -2.73. The molecule has 4 aromatic rings. The van der Waals surface area contributed by atoms with E-state index in [1.54, 1.807) is 0 Å². The monoisotopic (exact) mass is 395 g/mol. The van der Waals surface area contributed by atoms with Gasteiger partial charge in [0.15, 0.2) is 0 Å². The molecular weight excluding hydrogens is 369 g/mol. The van der Waals surface area contributed by atoms with E-state index in [1.807, 2.05) is 0 Å². The number of hydrogen-bond acceptors (Lipinski definition) is 1. The third kappa shape index (κ3) is 4.82. The van der Waals surface area contributed by atoms with Crippen molar-refractivity contribution in [3.63, 3.8) is 0 Å². The zero-order valence-corrected chi connectivity index (χ0v) is 17.6. The fourth-order valence-electron chi connectivity index (χ4n) is 3.77. The van der Waals surface area contributed by atoms with Crippen LogP contribution in [0.5, 0.6) is 0 Å². The highest BCUT2D eigenvalue weighted by atomic mass is 31.1. The van der Waals surface area contributed by atoms with Gasteiger partial charge in [-0.15, -0.1) is 0 Å². The zero-order chi connectivity index (χ0) is 19.9. The van der Waals surface area contributed by atoms with Crippen molar-refractivity contribution in [3.8, 4) is 0 Å². The van der Waals surface area contributed by atoms with Crippen LogP contribution in [0.4, 0.5) is 0 Å². The van der Waals surface area contributed by atoms with Crippen molar-refractivity contribution in [2.24, 2.45) is 0 Å². The Morgan fingerprint density at radius 3 is 1.48 bits per heavy atom. The Balaban J connectivity index is 1.76. The van der Waals surface area contributed by atoms with Crippen molar-refractivity contribution in [1.29, 1.82) is 0 Å². The van der Waals surface area contributed by atoms with Crippen LogP contribution in [0.1, 0.15) is 17.2 Å². The smallest absolute Gasteiger partial charge is 0.0427 e. The Kier molecular flexibility index (Phi) is 6.52. The summed E-state index contributed by atoms with van der Waals surface area (Å²) in [6, 6.07) is 43.9. The molecule has 1 atom stereocenters. The van der Waals surface area contributed by atoms with E-state index in [1.165, 1.54) is 21.7 Å². The van der Waals surface area contributed by atoms with Gasteiger partial charge in [0.05, 0.1) is 0 Å². The number of nitrogens with zero attached hydrogens (tertiary/aromatic N) is 1. The van der Waals surface area contributed by atoms with Crippen LogP contribution in [0.2, 0.25) is 0 Å². The van der Waals surface area contributed by atoms with E-state index in [4.69, 9.17) is 0 Å². The van der Waals surface area contributed by atoms with Gasteiger partial charge in [-0.25, -0.2) is 0 Å². The van der Waals surface area contributed by atoms with Gasteiger partial charge in [-0.1, -0.05) is 121 Å². The van der Waals surface area contributed by atoms with Gasteiger partial charge in [-0.2, -0.15) is 0 Å². The van der Waals surface area contributed by atoms with Crippen LogP contribution in [-0.4, -0.2) is 11.7 Å². The first-order valence-corrected chi connectivity index (χ1v) is 11.3. The first-order valence-electron chi connectivity index (χ1n) is 10.0. The first kappa shape index (κ1) is 19.6. The minimum atomic E-state index is -0.638. The van der Waals surface area contributed by atoms with E-state index in [2.05, 4.69) is 133 Å². The first-order chi connectivity index (χ1) is 14.3. The molecule has 0 N–H and O–H groups in total. The summed E-state index contributed by atoms with van der Waals surface area (Å²) in [5, 5.41) is 2.76. The molecule has 0 saturated carbocycles. The molecule has 29 heavy (non-hydrogen) atoms. The van der Waals surface area contributed by atoms with Crippen molar-refractivity contribution in [1.82, 2.24) is 4.67 Å². The van der Waals surface area contributed by atoms with E-state index in [-0.39, 0.29) is 0 Å². The fraction of sp³-hybridized carbons (Fsp3) is 0.111. The summed E-state index contributed by atoms with van der Waals surface area (Å²) in [5.74, 6) is 0. The summed E-state index contributed by atoms with van der Waals surface area (Å²) in [5.41, 5.74) is 2.72. The molecule has 0 radical (unpaired) electrons. The SMILES string of the molecule is CN(C(Cc1ccccc1)c1ccccc1)P(c1ccccc1)c1ccccc1. The minimum absolute atomic E-state index is 0.296. The second kappa shape index (κ2) is 9.65. The maximum absolute atomic E-state index is 2.59. The van der Waals surface area contributed by atoms with Gasteiger partial charge >= 0.3 is 0 Å². The lowest BCUT2D eigenvalue weighted by Crippen LogP contribution is -2.30. The van der Waals surface area contributed by atoms with Crippen molar-refractivity contribution in [3.05, 3.63) is 132 Å². The van der Waals surface area contributed by atoms with Gasteiger partial charge in [0, 0.05) is 14.1 Å². The second-order valence-corrected chi connectivity index (χ2v) is 9.46. The number of hydrogen-bond donors (Lipinski definition) is 0. The average molecular weight is 395 g/mol. The summed E-state index contributed by atoms with van der Waals surface area (Å²) < 4.78 is 2.59. The molecule has 144 valence electrons. The molecule has 0 saturated heterocycles. The Morgan fingerprint density at radius 2 is 1.00 bits per heavy atom. The zero-order valence-electron chi connectivity index (χ0n) is 16.7. The van der Waals surface area contributed by atoms with E-state index in [0.717, 1.165) is 6.42 Å². The van der Waals surface area contributed by atoms with Gasteiger partial charge in [-0.3, -0.25) is 4.67 Å². The van der Waals surface area contributed by atoms with Gasteiger partial charge in [0.25, 0.3) is 0 Å². The third-order valence-corrected chi connectivity index (χ3v) is 7.71. The Morgan fingerprint density at radius 1 is 0.586 bits per heavy atom. The molecule has 0 heterocycles. The van der Waals surface area contributed by atoms with Crippen molar-refractivity contribution >= 4 is 18.7 Å². The maximum atomic E-state index is 2.59. The molecule has 4 rings (SSSR count). The molecule has 1 unspecified atom stereocenters. The van der Waals surface area contributed by atoms with Gasteiger partial charge in [-0.05, 0) is 35.2 Å². The minimum Gasteiger partial charge on any atom is -0.270 e. The van der Waals surface area contributed by atoms with E-state index < -0.39 is 8.07 Å². The molecule has 0 amide bonds. The third-order valence-electron chi connectivity index (χ3n) is 5.22. The van der Waals surface area contributed by atoms with Crippen LogP contribution >= 0.6 is 8.07 Å². The molecule has 0 fully saturated rings. The van der Waals surface area contributed by atoms with Crippen molar-refractivity contribution in [2.45, 2.75) is 12.5 Å². The molecule has 0 aliphatic heterocycles. The molecule has 0 aromatic heterocycles. The molecule has 0 aliphatic rings. The Bertz CT molecular complexity index is 948. The van der Waals surface area contributed by atoms with E-state index in [9.17, 15) is 0 Å². The highest BCUT2D eigenvalue weighted by Gasteiger charge is 2.27. The topological polar surface area (TPSA) is 3.24 Å². The van der Waals surface area contributed by atoms with Gasteiger partial charge in [0.2, 0.25) is 0 Å². The fourth-order valence-corrected chi connectivity index (χ4v) is 6.20. The molecule has 0 bridgehead atoms. The van der Waals surface area contributed by atoms with Crippen LogP contribution in [0.25, 0.3) is 0 Å². The van der Waals surface area contributed by atoms with Crippen LogP contribution < -0.4 is 10.6 Å². The number of likely N-dealkylation sites (N-methyl/N-ethyl adjacent to an activating group) is 1. The maximum Gasteiger partial charge on any atom is 0.0427 e. The number of benzene rings is 4. The van der Waals surface area contributed by atoms with Crippen LogP contribution in [0.3, 0.4) is 0 Å². The van der Waals surface area contributed by atoms with Crippen molar-refractivity contribution < 1.29 is 0 Å². The Labute approximate surface area is 175 Å². The largest absolute Gasteiger partial charge is 0.270 e. The summed E-state index contributed by atoms with van der Waals surface area (Å²) in [7, 11) is 1.65. The molecule has 0 spiro atoms. The van der Waals surface area contributed by atoms with Gasteiger partial charge < -0.3 is 0 Å². The summed E-state index contributed by atoms with van der Waals surface area (Å²) in [6.07, 6.45) is 0.986. The highest BCUT2D eigenvalue weighted by Crippen LogP contribution is 2.44. The summed E-state index contributed by atoms with van der Waals surface area (Å²) in [6.45, 7) is 0. The average Bonchev–Trinajstić information content (AvgIpc) is 2.80. The quantitative estimate of drug-likeness (QED) is 0.350. The number of rotatable bonds is 7. The van der Waals surface area contributed by atoms with E-state index >= 15 is 0 Å². The van der Waals surface area contributed by atoms with Crippen molar-refractivity contribution in [2.75, 3.05) is 7.05 Å². The predicted octanol–water partition coefficient (Wildman–Crippen LogP) is 5.95. The standard InChI is InChI=1S/C27H26NP/c1-28(29(25-18-10-4-11-19-25)26-20-12-5-13-21-26)27(24-16-8-3-9-17-24)22-23-14-6-2-7-15-23/h2-21,27H,22H2,1H3. The summed E-state index contributed by atoms with van der Waals surface area (Å²) >= 11 is 0. The molecule has 4 aromatic carbocycles. The van der Waals surface area contributed by atoms with Crippen LogP contribution in [0, 0.1) is 0 Å². The normalized spacial score (nSPS) is 12.2.